The number of carbonyl (C=O) groups excluding carboxylic acids is 1. The predicted octanol–water partition coefficient (Wildman–Crippen LogP) is 11.1. The van der Waals surface area contributed by atoms with Gasteiger partial charge in [-0.2, -0.15) is 0 Å². The summed E-state index contributed by atoms with van der Waals surface area (Å²) in [5.74, 6) is -0.710. The van der Waals surface area contributed by atoms with Gasteiger partial charge in [-0.05, 0) is 64.2 Å². The maximum Gasteiger partial charge on any atom is 0.249 e. The third-order valence-corrected chi connectivity index (χ3v) is 13.4. The highest BCUT2D eigenvalue weighted by atomic mass is 16.7. The van der Waals surface area contributed by atoms with E-state index in [9.17, 15) is 40.5 Å². The molecular formula is C56H105NO10. The zero-order chi connectivity index (χ0) is 49.0. The second-order valence-corrected chi connectivity index (χ2v) is 19.6. The highest BCUT2D eigenvalue weighted by molar-refractivity contribution is 5.80. The van der Waals surface area contributed by atoms with Gasteiger partial charge in [-0.3, -0.25) is 4.79 Å². The van der Waals surface area contributed by atoms with Crippen molar-refractivity contribution in [1.29, 1.82) is 0 Å². The minimum absolute atomic E-state index is 0.242. The van der Waals surface area contributed by atoms with Crippen LogP contribution in [0.5, 0.6) is 0 Å². The Morgan fingerprint density at radius 2 is 0.896 bits per heavy atom. The number of carbonyl (C=O) groups is 1. The van der Waals surface area contributed by atoms with Crippen molar-refractivity contribution < 1.29 is 50.0 Å². The van der Waals surface area contributed by atoms with Gasteiger partial charge in [0, 0.05) is 0 Å². The third-order valence-electron chi connectivity index (χ3n) is 13.4. The van der Waals surface area contributed by atoms with Crippen LogP contribution in [0.15, 0.2) is 36.5 Å². The van der Waals surface area contributed by atoms with Gasteiger partial charge < -0.3 is 50.5 Å². The van der Waals surface area contributed by atoms with E-state index in [0.29, 0.717) is 19.3 Å². The monoisotopic (exact) mass is 952 g/mol. The molecule has 9 atom stereocenters. The summed E-state index contributed by atoms with van der Waals surface area (Å²) in [6.07, 6.45) is 43.3. The van der Waals surface area contributed by atoms with Crippen molar-refractivity contribution in [3.63, 3.8) is 0 Å². The number of nitrogens with one attached hydrogen (secondary N) is 1. The van der Waals surface area contributed by atoms with E-state index in [1.54, 1.807) is 0 Å². The van der Waals surface area contributed by atoms with Crippen molar-refractivity contribution in [2.75, 3.05) is 13.2 Å². The quantitative estimate of drug-likeness (QED) is 0.0215. The summed E-state index contributed by atoms with van der Waals surface area (Å²) < 4.78 is 11.1. The molecule has 1 heterocycles. The van der Waals surface area contributed by atoms with Crippen LogP contribution in [0.3, 0.4) is 0 Å². The summed E-state index contributed by atoms with van der Waals surface area (Å²) in [6.45, 7) is 3.45. The Bertz CT molecular complexity index is 1180. The first kappa shape index (κ1) is 63.3. The van der Waals surface area contributed by atoms with Crippen LogP contribution in [0.4, 0.5) is 0 Å². The summed E-state index contributed by atoms with van der Waals surface area (Å²) in [7, 11) is 0. The number of hydrogen-bond acceptors (Lipinski definition) is 10. The molecule has 0 saturated carbocycles. The number of aliphatic hydroxyl groups excluding tert-OH is 7. The Balaban J connectivity index is 2.38. The van der Waals surface area contributed by atoms with Crippen LogP contribution >= 0.6 is 0 Å². The van der Waals surface area contributed by atoms with Crippen molar-refractivity contribution >= 4 is 5.91 Å². The van der Waals surface area contributed by atoms with Gasteiger partial charge in [0.05, 0.1) is 25.4 Å². The number of allylic oxidation sites excluding steroid dienone is 6. The molecule has 67 heavy (non-hydrogen) atoms. The first-order chi connectivity index (χ1) is 32.7. The smallest absolute Gasteiger partial charge is 0.249 e. The van der Waals surface area contributed by atoms with Gasteiger partial charge in [0.1, 0.15) is 36.6 Å². The van der Waals surface area contributed by atoms with E-state index in [1.165, 1.54) is 154 Å². The molecule has 0 bridgehead atoms. The molecule has 1 fully saturated rings. The largest absolute Gasteiger partial charge is 0.394 e. The molecule has 11 heteroatoms. The topological polar surface area (TPSA) is 189 Å². The summed E-state index contributed by atoms with van der Waals surface area (Å²) in [4.78, 5) is 13.2. The van der Waals surface area contributed by atoms with Crippen LogP contribution in [-0.2, 0) is 14.3 Å². The fourth-order valence-electron chi connectivity index (χ4n) is 8.83. The van der Waals surface area contributed by atoms with Gasteiger partial charge >= 0.3 is 0 Å². The van der Waals surface area contributed by atoms with Crippen molar-refractivity contribution in [3.8, 4) is 0 Å². The molecule has 0 spiro atoms. The molecule has 8 N–H and O–H groups in total. The number of amides is 1. The molecule has 1 saturated heterocycles. The van der Waals surface area contributed by atoms with Gasteiger partial charge in [-0.15, -0.1) is 0 Å². The first-order valence-corrected chi connectivity index (χ1v) is 27.9. The molecule has 1 rings (SSSR count). The van der Waals surface area contributed by atoms with E-state index in [1.807, 2.05) is 0 Å². The van der Waals surface area contributed by atoms with Gasteiger partial charge in [-0.25, -0.2) is 0 Å². The molecule has 1 amide bonds. The normalized spacial score (nSPS) is 20.9. The Morgan fingerprint density at radius 3 is 1.33 bits per heavy atom. The van der Waals surface area contributed by atoms with E-state index in [4.69, 9.17) is 9.47 Å². The second-order valence-electron chi connectivity index (χ2n) is 19.6. The summed E-state index contributed by atoms with van der Waals surface area (Å²) in [6, 6.07) is -1.19. The zero-order valence-corrected chi connectivity index (χ0v) is 42.9. The number of rotatable bonds is 47. The van der Waals surface area contributed by atoms with Crippen molar-refractivity contribution in [1.82, 2.24) is 5.32 Å². The number of hydrogen-bond donors (Lipinski definition) is 8. The van der Waals surface area contributed by atoms with E-state index in [2.05, 4.69) is 55.6 Å². The Kier molecular flexibility index (Phi) is 43.0. The standard InChI is InChI=1S/C56H105NO10/c1-3-5-7-9-11-13-15-17-19-21-23-24-26-27-29-31-33-35-37-39-41-43-48(59)51(61)47(46-66-56-54(64)53(63)52(62)50(45-58)67-56)57-55(65)49(60)44-42-40-38-36-34-32-30-28-25-22-20-18-16-14-12-10-8-6-4-2/h21,23,27,29,35,37,47-54,56,58-64H,3-20,22,24-26,28,30-34,36,38-46H2,1-2H3,(H,57,65)/b23-21+,29-27+,37-35+. The average molecular weight is 952 g/mol. The first-order valence-electron chi connectivity index (χ1n) is 27.9. The van der Waals surface area contributed by atoms with Crippen molar-refractivity contribution in [3.05, 3.63) is 36.5 Å². The lowest BCUT2D eigenvalue weighted by molar-refractivity contribution is -0.303. The van der Waals surface area contributed by atoms with Gasteiger partial charge in [0.25, 0.3) is 0 Å². The molecule has 0 aromatic carbocycles. The molecule has 1 aliphatic rings. The van der Waals surface area contributed by atoms with Crippen LogP contribution in [0, 0.1) is 0 Å². The lowest BCUT2D eigenvalue weighted by Crippen LogP contribution is -2.60. The van der Waals surface area contributed by atoms with Gasteiger partial charge in [0.2, 0.25) is 5.91 Å². The molecular weight excluding hydrogens is 847 g/mol. The molecule has 9 unspecified atom stereocenters. The number of unbranched alkanes of at least 4 members (excludes halogenated alkanes) is 29. The van der Waals surface area contributed by atoms with Crippen LogP contribution in [0.2, 0.25) is 0 Å². The van der Waals surface area contributed by atoms with Crippen LogP contribution in [0.1, 0.15) is 245 Å². The molecule has 394 valence electrons. The van der Waals surface area contributed by atoms with E-state index in [0.717, 1.165) is 44.9 Å². The van der Waals surface area contributed by atoms with Crippen LogP contribution in [-0.4, -0.2) is 110 Å². The number of ether oxygens (including phenoxy) is 2. The highest BCUT2D eigenvalue weighted by Gasteiger charge is 2.44. The Labute approximate surface area is 409 Å². The predicted molar refractivity (Wildman–Crippen MR) is 275 cm³/mol. The van der Waals surface area contributed by atoms with Crippen molar-refractivity contribution in [2.24, 2.45) is 0 Å². The number of aliphatic hydroxyl groups is 7. The summed E-state index contributed by atoms with van der Waals surface area (Å²) in [5.41, 5.74) is 0. The molecule has 0 aromatic heterocycles. The minimum Gasteiger partial charge on any atom is -0.394 e. The highest BCUT2D eigenvalue weighted by Crippen LogP contribution is 2.23. The molecule has 0 aromatic rings. The van der Waals surface area contributed by atoms with E-state index >= 15 is 0 Å². The van der Waals surface area contributed by atoms with Gasteiger partial charge in [0.15, 0.2) is 6.29 Å². The maximum absolute atomic E-state index is 13.2. The minimum atomic E-state index is -1.67. The average Bonchev–Trinajstić information content (AvgIpc) is 3.33. The second kappa shape index (κ2) is 45.5. The van der Waals surface area contributed by atoms with Crippen LogP contribution in [0.25, 0.3) is 0 Å². The Morgan fingerprint density at radius 1 is 0.507 bits per heavy atom. The fourth-order valence-corrected chi connectivity index (χ4v) is 8.83. The van der Waals surface area contributed by atoms with Crippen LogP contribution < -0.4 is 5.32 Å². The van der Waals surface area contributed by atoms with Crippen molar-refractivity contribution in [2.45, 2.75) is 300 Å². The molecule has 0 radical (unpaired) electrons. The Hall–Kier alpha value is -1.67. The SMILES string of the molecule is CCCCCCCCCC/C=C/CC/C=C/CC/C=C/CCCC(O)C(O)C(COC1OC(CO)C(O)C(O)C1O)NC(=O)C(O)CCCCCCCCCCCCCCCCCCCCC. The van der Waals surface area contributed by atoms with E-state index < -0.39 is 74.2 Å². The molecule has 0 aliphatic carbocycles. The zero-order valence-electron chi connectivity index (χ0n) is 42.9. The maximum atomic E-state index is 13.2. The summed E-state index contributed by atoms with van der Waals surface area (Å²) >= 11 is 0. The molecule has 11 nitrogen and oxygen atoms in total. The third kappa shape index (κ3) is 34.3. The lowest BCUT2D eigenvalue weighted by Gasteiger charge is -2.40. The fraction of sp³-hybridized carbons (Fsp3) is 0.875. The molecule has 1 aliphatic heterocycles. The lowest BCUT2D eigenvalue weighted by atomic mass is 9.98. The summed E-state index contributed by atoms with van der Waals surface area (Å²) in [5, 5.41) is 76.0. The van der Waals surface area contributed by atoms with E-state index in [-0.39, 0.29) is 12.8 Å². The van der Waals surface area contributed by atoms with Gasteiger partial charge in [-0.1, -0.05) is 217 Å².